The van der Waals surface area contributed by atoms with Gasteiger partial charge < -0.3 is 0 Å². The first-order chi connectivity index (χ1) is 29.6. The van der Waals surface area contributed by atoms with E-state index in [2.05, 4.69) is 39.4 Å². The number of aryl methyl sites for hydroxylation is 2. The minimum absolute atomic E-state index is 0.0772. The van der Waals surface area contributed by atoms with Crippen LogP contribution in [0.1, 0.15) is 213 Å². The summed E-state index contributed by atoms with van der Waals surface area (Å²) in [7, 11) is 0. The number of hydrogen-bond donors (Lipinski definition) is 2. The molecule has 7 heteroatoms. The van der Waals surface area contributed by atoms with Crippen LogP contribution in [0.15, 0.2) is 78.9 Å². The van der Waals surface area contributed by atoms with Gasteiger partial charge in [0.25, 0.3) is 11.8 Å². The van der Waals surface area contributed by atoms with E-state index in [4.69, 9.17) is 0 Å². The highest BCUT2D eigenvalue weighted by atomic mass is 16.2. The topological polar surface area (TPSA) is 96.9 Å². The number of carbonyl (C=O) groups is 2. The molecule has 0 saturated carbocycles. The van der Waals surface area contributed by atoms with E-state index < -0.39 is 0 Å². The maximum absolute atomic E-state index is 13.4. The average molecular weight is 816 g/mol. The van der Waals surface area contributed by atoms with Crippen LogP contribution in [-0.2, 0) is 12.8 Å². The summed E-state index contributed by atoms with van der Waals surface area (Å²) < 4.78 is 0. The molecule has 3 aromatic carbocycles. The summed E-state index contributed by atoms with van der Waals surface area (Å²) in [5.74, 6) is -0.118. The molecule has 7 nitrogen and oxygen atoms in total. The summed E-state index contributed by atoms with van der Waals surface area (Å²) in [6.45, 7) is 4.55. The summed E-state index contributed by atoms with van der Waals surface area (Å²) >= 11 is 0. The molecule has 0 fully saturated rings. The van der Waals surface area contributed by atoms with Gasteiger partial charge in [-0.2, -0.15) is 15.0 Å². The Morgan fingerprint density at radius 3 is 1.03 bits per heavy atom. The number of nitrogens with zero attached hydrogens (tertiary/aromatic N) is 3. The predicted octanol–water partition coefficient (Wildman–Crippen LogP) is 15.3. The number of anilines is 2. The van der Waals surface area contributed by atoms with Crippen LogP contribution in [0, 0.1) is 0 Å². The van der Waals surface area contributed by atoms with Crippen LogP contribution < -0.4 is 10.6 Å². The zero-order valence-electron chi connectivity index (χ0n) is 37.5. The molecule has 4 rings (SSSR count). The molecule has 0 radical (unpaired) electrons. The fourth-order valence-electron chi connectivity index (χ4n) is 7.89. The molecule has 0 bridgehead atoms. The Hall–Kier alpha value is -4.39. The first-order valence-corrected chi connectivity index (χ1v) is 24.2. The minimum Gasteiger partial charge on any atom is -0.290 e. The highest BCUT2D eigenvalue weighted by molar-refractivity contribution is 6.04. The van der Waals surface area contributed by atoms with Crippen LogP contribution >= 0.6 is 0 Å². The van der Waals surface area contributed by atoms with Crippen molar-refractivity contribution in [3.05, 3.63) is 101 Å². The van der Waals surface area contributed by atoms with Crippen molar-refractivity contribution < 1.29 is 9.59 Å². The first-order valence-electron chi connectivity index (χ1n) is 24.2. The van der Waals surface area contributed by atoms with Gasteiger partial charge in [-0.25, -0.2) is 0 Å². The van der Waals surface area contributed by atoms with Crippen LogP contribution in [0.3, 0.4) is 0 Å². The molecule has 4 aromatic rings. The van der Waals surface area contributed by atoms with Gasteiger partial charge in [0.15, 0.2) is 5.82 Å². The van der Waals surface area contributed by atoms with E-state index in [1.165, 1.54) is 165 Å². The molecular weight excluding hydrogens is 739 g/mol. The molecule has 0 spiro atoms. The third-order valence-electron chi connectivity index (χ3n) is 11.7. The third-order valence-corrected chi connectivity index (χ3v) is 11.7. The van der Waals surface area contributed by atoms with Crippen molar-refractivity contribution in [3.8, 4) is 11.4 Å². The van der Waals surface area contributed by atoms with Gasteiger partial charge in [-0.05, 0) is 61.1 Å². The van der Waals surface area contributed by atoms with Crippen LogP contribution in [-0.4, -0.2) is 26.8 Å². The molecule has 0 unspecified atom stereocenters. The van der Waals surface area contributed by atoms with E-state index in [9.17, 15) is 9.59 Å². The quantitative estimate of drug-likeness (QED) is 0.0467. The Balaban J connectivity index is 1.18. The molecule has 0 aliphatic carbocycles. The van der Waals surface area contributed by atoms with Crippen molar-refractivity contribution in [3.63, 3.8) is 0 Å². The normalized spacial score (nSPS) is 11.2. The number of aromatic nitrogens is 3. The van der Waals surface area contributed by atoms with Crippen molar-refractivity contribution in [1.29, 1.82) is 0 Å². The summed E-state index contributed by atoms with van der Waals surface area (Å²) in [5.41, 5.74) is 4.27. The number of rotatable bonds is 33. The number of unbranched alkanes of at least 4 members (excludes halogenated alkanes) is 24. The van der Waals surface area contributed by atoms with Crippen LogP contribution in [0.5, 0.6) is 0 Å². The highest BCUT2D eigenvalue weighted by Crippen LogP contribution is 2.20. The monoisotopic (exact) mass is 816 g/mol. The molecule has 0 saturated heterocycles. The molecule has 2 amide bonds. The fourth-order valence-corrected chi connectivity index (χ4v) is 7.89. The fraction of sp³-hybridized carbons (Fsp3) is 0.566. The van der Waals surface area contributed by atoms with Crippen LogP contribution in [0.25, 0.3) is 11.4 Å². The van der Waals surface area contributed by atoms with Crippen molar-refractivity contribution >= 4 is 23.7 Å². The first kappa shape index (κ1) is 48.3. The van der Waals surface area contributed by atoms with Gasteiger partial charge in [-0.3, -0.25) is 20.2 Å². The van der Waals surface area contributed by atoms with E-state index in [1.807, 2.05) is 78.9 Å². The zero-order chi connectivity index (χ0) is 42.3. The lowest BCUT2D eigenvalue weighted by molar-refractivity contribution is 0.101. The van der Waals surface area contributed by atoms with Gasteiger partial charge in [-0.15, -0.1) is 0 Å². The van der Waals surface area contributed by atoms with E-state index in [1.54, 1.807) is 0 Å². The maximum atomic E-state index is 13.4. The zero-order valence-corrected chi connectivity index (χ0v) is 37.5. The summed E-state index contributed by atoms with van der Waals surface area (Å²) in [6.07, 6.45) is 37.0. The second-order valence-corrected chi connectivity index (χ2v) is 17.0. The number of carbonyl (C=O) groups excluding carboxylic acids is 2. The SMILES string of the molecule is CCCCCCCCCCCCCCCc1ccc(C(=O)Nc2nc(NC(=O)c3ccc(CCCCCCCCCCCCCCC)cc3)nc(-c3ccccc3)n2)cc1. The van der Waals surface area contributed by atoms with Crippen molar-refractivity contribution in [2.75, 3.05) is 10.6 Å². The average Bonchev–Trinajstić information content (AvgIpc) is 3.27. The van der Waals surface area contributed by atoms with Crippen molar-refractivity contribution in [1.82, 2.24) is 15.0 Å². The lowest BCUT2D eigenvalue weighted by Crippen LogP contribution is -2.18. The van der Waals surface area contributed by atoms with Gasteiger partial charge in [0.2, 0.25) is 11.9 Å². The summed E-state index contributed by atoms with van der Waals surface area (Å²) in [6, 6.07) is 25.1. The second-order valence-electron chi connectivity index (χ2n) is 17.0. The number of hydrogen-bond acceptors (Lipinski definition) is 5. The van der Waals surface area contributed by atoms with Gasteiger partial charge in [0.05, 0.1) is 0 Å². The Morgan fingerprint density at radius 2 is 0.700 bits per heavy atom. The minimum atomic E-state index is -0.316. The Kier molecular flexibility index (Phi) is 24.6. The van der Waals surface area contributed by atoms with Gasteiger partial charge in [-0.1, -0.05) is 223 Å². The second kappa shape index (κ2) is 30.6. The number of amides is 2. The predicted molar refractivity (Wildman–Crippen MR) is 253 cm³/mol. The standard InChI is InChI=1S/C53H77N5O2/c1-3-5-7-9-11-13-15-17-19-21-23-25-28-32-44-36-40-47(41-37-44)50(59)56-52-54-49(46-34-30-27-31-35-46)55-53(58-52)57-51(60)48-42-38-45(39-43-48)33-29-26-24-22-20-18-16-14-12-10-8-6-4-2/h27,30-31,34-43H,3-26,28-29,32-33H2,1-2H3,(H2,54,55,56,57,58,59,60). The molecule has 1 aromatic heterocycles. The van der Waals surface area contributed by atoms with Gasteiger partial charge in [0, 0.05) is 16.7 Å². The molecule has 1 heterocycles. The number of nitrogens with one attached hydrogen (secondary N) is 2. The Bertz CT molecular complexity index is 1620. The lowest BCUT2D eigenvalue weighted by atomic mass is 10.0. The smallest absolute Gasteiger partial charge is 0.258 e. The molecule has 2 N–H and O–H groups in total. The molecular formula is C53H77N5O2. The summed E-state index contributed by atoms with van der Waals surface area (Å²) in [5, 5.41) is 5.69. The maximum Gasteiger partial charge on any atom is 0.258 e. The van der Waals surface area contributed by atoms with Crippen LogP contribution in [0.2, 0.25) is 0 Å². The van der Waals surface area contributed by atoms with E-state index in [0.717, 1.165) is 31.2 Å². The Morgan fingerprint density at radius 1 is 0.383 bits per heavy atom. The third kappa shape index (κ3) is 20.2. The van der Waals surface area contributed by atoms with Gasteiger partial charge in [0.1, 0.15) is 0 Å². The molecule has 326 valence electrons. The summed E-state index contributed by atoms with van der Waals surface area (Å²) in [4.78, 5) is 40.2. The van der Waals surface area contributed by atoms with Crippen molar-refractivity contribution in [2.45, 2.75) is 194 Å². The number of benzene rings is 3. The van der Waals surface area contributed by atoms with E-state index in [-0.39, 0.29) is 23.7 Å². The lowest BCUT2D eigenvalue weighted by Gasteiger charge is -2.10. The van der Waals surface area contributed by atoms with E-state index >= 15 is 0 Å². The largest absolute Gasteiger partial charge is 0.290 e. The molecule has 0 aliphatic heterocycles. The molecule has 0 aliphatic rings. The highest BCUT2D eigenvalue weighted by Gasteiger charge is 2.15. The molecule has 0 atom stereocenters. The van der Waals surface area contributed by atoms with Crippen LogP contribution in [0.4, 0.5) is 11.9 Å². The van der Waals surface area contributed by atoms with Gasteiger partial charge >= 0.3 is 0 Å². The van der Waals surface area contributed by atoms with Crippen molar-refractivity contribution in [2.24, 2.45) is 0 Å². The molecule has 60 heavy (non-hydrogen) atoms. The van der Waals surface area contributed by atoms with E-state index in [0.29, 0.717) is 17.0 Å². The Labute approximate surface area is 363 Å².